The van der Waals surface area contributed by atoms with Crippen LogP contribution in [0.4, 0.5) is 5.00 Å². The molecule has 0 aliphatic carbocycles. The summed E-state index contributed by atoms with van der Waals surface area (Å²) in [5.74, 6) is 0. The van der Waals surface area contributed by atoms with Crippen molar-refractivity contribution in [3.05, 3.63) is 33.9 Å². The van der Waals surface area contributed by atoms with E-state index in [-0.39, 0.29) is 9.92 Å². The van der Waals surface area contributed by atoms with Crippen LogP contribution in [-0.4, -0.2) is 4.92 Å². The molecule has 0 radical (unpaired) electrons. The fourth-order valence-corrected chi connectivity index (χ4v) is 2.78. The van der Waals surface area contributed by atoms with E-state index in [1.165, 1.54) is 11.3 Å². The van der Waals surface area contributed by atoms with Crippen LogP contribution in [0.25, 0.3) is 10.1 Å². The third-order valence-corrected chi connectivity index (χ3v) is 3.29. The normalized spacial score (nSPS) is 10.7. The Balaban J connectivity index is 2.76. The lowest BCUT2D eigenvalue weighted by molar-refractivity contribution is -0.380. The van der Waals surface area contributed by atoms with Crippen LogP contribution in [0.5, 0.6) is 0 Å². The number of fused-ring (bicyclic) bond motifs is 1. The quantitative estimate of drug-likeness (QED) is 0.459. The van der Waals surface area contributed by atoms with Crippen LogP contribution in [0.1, 0.15) is 5.56 Å². The molecule has 72 valence electrons. The zero-order chi connectivity index (χ0) is 10.3. The van der Waals surface area contributed by atoms with E-state index in [0.717, 1.165) is 20.5 Å². The second kappa shape index (κ2) is 3.25. The summed E-state index contributed by atoms with van der Waals surface area (Å²) in [6, 6.07) is 5.37. The van der Waals surface area contributed by atoms with E-state index in [4.69, 9.17) is 0 Å². The molecule has 2 aromatic rings. The van der Waals surface area contributed by atoms with Gasteiger partial charge in [0.05, 0.1) is 4.92 Å². The highest BCUT2D eigenvalue weighted by Crippen LogP contribution is 2.34. The number of nitro groups is 1. The van der Waals surface area contributed by atoms with E-state index in [2.05, 4.69) is 12.6 Å². The summed E-state index contributed by atoms with van der Waals surface area (Å²) in [5, 5.41) is 11.7. The summed E-state index contributed by atoms with van der Waals surface area (Å²) in [6.45, 7) is 1.93. The first-order chi connectivity index (χ1) is 6.58. The Morgan fingerprint density at radius 1 is 1.43 bits per heavy atom. The SMILES string of the molecule is Cc1cc(S)cc2sc([N+](=O)[O-])cc12. The molecule has 0 saturated heterocycles. The smallest absolute Gasteiger partial charge is 0.258 e. The summed E-state index contributed by atoms with van der Waals surface area (Å²) >= 11 is 5.41. The van der Waals surface area contributed by atoms with Crippen molar-refractivity contribution in [3.63, 3.8) is 0 Å². The van der Waals surface area contributed by atoms with Crippen LogP contribution in [0.2, 0.25) is 0 Å². The van der Waals surface area contributed by atoms with Gasteiger partial charge in [0.25, 0.3) is 0 Å². The molecule has 0 unspecified atom stereocenters. The molecule has 0 aliphatic rings. The Labute approximate surface area is 89.9 Å². The molecule has 0 atom stereocenters. The van der Waals surface area contributed by atoms with Crippen LogP contribution in [0.3, 0.4) is 0 Å². The minimum Gasteiger partial charge on any atom is -0.258 e. The van der Waals surface area contributed by atoms with Crippen molar-refractivity contribution in [1.29, 1.82) is 0 Å². The number of nitrogens with zero attached hydrogens (tertiary/aromatic N) is 1. The lowest BCUT2D eigenvalue weighted by Gasteiger charge is -1.96. The first-order valence-corrected chi connectivity index (χ1v) is 5.22. The highest BCUT2D eigenvalue weighted by atomic mass is 32.1. The number of thiol groups is 1. The zero-order valence-corrected chi connectivity index (χ0v) is 9.06. The molecule has 1 aromatic carbocycles. The van der Waals surface area contributed by atoms with Gasteiger partial charge in [-0.1, -0.05) is 11.3 Å². The third-order valence-electron chi connectivity index (χ3n) is 2.00. The molecule has 0 fully saturated rings. The molecule has 0 spiro atoms. The number of aryl methyl sites for hydroxylation is 1. The first kappa shape index (κ1) is 9.48. The van der Waals surface area contributed by atoms with Crippen molar-refractivity contribution in [2.75, 3.05) is 0 Å². The lowest BCUT2D eigenvalue weighted by Crippen LogP contribution is -1.80. The number of rotatable bonds is 1. The van der Waals surface area contributed by atoms with Crippen LogP contribution < -0.4 is 0 Å². The Hall–Kier alpha value is -1.07. The summed E-state index contributed by atoms with van der Waals surface area (Å²) < 4.78 is 0.918. The van der Waals surface area contributed by atoms with Gasteiger partial charge in [0.15, 0.2) is 0 Å². The van der Waals surface area contributed by atoms with Crippen molar-refractivity contribution in [3.8, 4) is 0 Å². The van der Waals surface area contributed by atoms with Gasteiger partial charge in [-0.2, -0.15) is 0 Å². The van der Waals surface area contributed by atoms with Crippen molar-refractivity contribution < 1.29 is 4.92 Å². The standard InChI is InChI=1S/C9H7NO2S2/c1-5-2-6(13)3-8-7(5)4-9(14-8)10(11)12/h2-4,13H,1H3. The van der Waals surface area contributed by atoms with Crippen molar-refractivity contribution in [2.45, 2.75) is 11.8 Å². The molecule has 1 heterocycles. The fraction of sp³-hybridized carbons (Fsp3) is 0.111. The van der Waals surface area contributed by atoms with Gasteiger partial charge in [-0.05, 0) is 24.6 Å². The fourth-order valence-electron chi connectivity index (χ4n) is 1.37. The van der Waals surface area contributed by atoms with Gasteiger partial charge in [-0.25, -0.2) is 0 Å². The number of hydrogen-bond acceptors (Lipinski definition) is 4. The molecule has 0 saturated carbocycles. The maximum absolute atomic E-state index is 10.6. The van der Waals surface area contributed by atoms with E-state index >= 15 is 0 Å². The van der Waals surface area contributed by atoms with Gasteiger partial charge >= 0.3 is 5.00 Å². The topological polar surface area (TPSA) is 43.1 Å². The van der Waals surface area contributed by atoms with E-state index < -0.39 is 0 Å². The molecule has 1 aromatic heterocycles. The molecule has 0 N–H and O–H groups in total. The van der Waals surface area contributed by atoms with Crippen molar-refractivity contribution >= 4 is 39.1 Å². The van der Waals surface area contributed by atoms with E-state index in [1.54, 1.807) is 6.07 Å². The van der Waals surface area contributed by atoms with Gasteiger partial charge < -0.3 is 0 Å². The largest absolute Gasteiger partial charge is 0.325 e. The molecular formula is C9H7NO2S2. The predicted molar refractivity (Wildman–Crippen MR) is 60.5 cm³/mol. The van der Waals surface area contributed by atoms with Gasteiger partial charge in [0.2, 0.25) is 0 Å². The average Bonchev–Trinajstić information content (AvgIpc) is 2.47. The summed E-state index contributed by atoms with van der Waals surface area (Å²) in [4.78, 5) is 11.0. The van der Waals surface area contributed by atoms with Crippen LogP contribution >= 0.6 is 24.0 Å². The monoisotopic (exact) mass is 225 g/mol. The average molecular weight is 225 g/mol. The molecular weight excluding hydrogens is 218 g/mol. The second-order valence-corrected chi connectivity index (χ2v) is 4.59. The van der Waals surface area contributed by atoms with Crippen LogP contribution in [-0.2, 0) is 0 Å². The molecule has 0 amide bonds. The van der Waals surface area contributed by atoms with Crippen molar-refractivity contribution in [2.24, 2.45) is 0 Å². The van der Waals surface area contributed by atoms with E-state index in [9.17, 15) is 10.1 Å². The van der Waals surface area contributed by atoms with Gasteiger partial charge in [0, 0.05) is 21.0 Å². The number of benzene rings is 1. The maximum Gasteiger partial charge on any atom is 0.325 e. The molecule has 5 heteroatoms. The van der Waals surface area contributed by atoms with E-state index in [1.807, 2.05) is 19.1 Å². The van der Waals surface area contributed by atoms with E-state index in [0.29, 0.717) is 0 Å². The Bertz CT molecular complexity index is 519. The Morgan fingerprint density at radius 3 is 2.79 bits per heavy atom. The van der Waals surface area contributed by atoms with Gasteiger partial charge in [-0.15, -0.1) is 12.6 Å². The van der Waals surface area contributed by atoms with Gasteiger partial charge in [-0.3, -0.25) is 10.1 Å². The minimum atomic E-state index is -0.359. The second-order valence-electron chi connectivity index (χ2n) is 3.02. The summed E-state index contributed by atoms with van der Waals surface area (Å²) in [7, 11) is 0. The molecule has 0 aliphatic heterocycles. The Morgan fingerprint density at radius 2 is 2.14 bits per heavy atom. The maximum atomic E-state index is 10.6. The summed E-state index contributed by atoms with van der Waals surface area (Å²) in [6.07, 6.45) is 0. The number of thiophene rings is 1. The highest BCUT2D eigenvalue weighted by molar-refractivity contribution is 7.80. The summed E-state index contributed by atoms with van der Waals surface area (Å²) in [5.41, 5.74) is 1.02. The van der Waals surface area contributed by atoms with Crippen LogP contribution in [0, 0.1) is 17.0 Å². The lowest BCUT2D eigenvalue weighted by atomic mass is 10.1. The Kier molecular flexibility index (Phi) is 2.20. The molecule has 0 bridgehead atoms. The minimum absolute atomic E-state index is 0.182. The van der Waals surface area contributed by atoms with Gasteiger partial charge in [0.1, 0.15) is 0 Å². The molecule has 14 heavy (non-hydrogen) atoms. The molecule has 3 nitrogen and oxygen atoms in total. The zero-order valence-electron chi connectivity index (χ0n) is 7.35. The highest BCUT2D eigenvalue weighted by Gasteiger charge is 2.12. The van der Waals surface area contributed by atoms with Crippen molar-refractivity contribution in [1.82, 2.24) is 0 Å². The third kappa shape index (κ3) is 1.49. The predicted octanol–water partition coefficient (Wildman–Crippen LogP) is 3.41. The first-order valence-electron chi connectivity index (χ1n) is 3.95. The molecule has 2 rings (SSSR count). The van der Waals surface area contributed by atoms with Crippen LogP contribution in [0.15, 0.2) is 23.1 Å². The number of hydrogen-bond donors (Lipinski definition) is 1.